The van der Waals surface area contributed by atoms with Crippen LogP contribution in [0.1, 0.15) is 45.6 Å². The van der Waals surface area contributed by atoms with Crippen molar-refractivity contribution in [2.24, 2.45) is 11.0 Å². The Morgan fingerprint density at radius 1 is 1.36 bits per heavy atom. The third kappa shape index (κ3) is 4.86. The Labute approximate surface area is 133 Å². The average Bonchev–Trinajstić information content (AvgIpc) is 2.51. The molecule has 4 nitrogen and oxygen atoms in total. The number of benzene rings is 1. The van der Waals surface area contributed by atoms with Gasteiger partial charge in [0, 0.05) is 17.9 Å². The number of carbonyl (C=O) groups is 1. The maximum Gasteiger partial charge on any atom is 0.259 e. The normalized spacial score (nSPS) is 14.9. The molecule has 1 aliphatic rings. The van der Waals surface area contributed by atoms with Crippen molar-refractivity contribution >= 4 is 17.3 Å². The minimum absolute atomic E-state index is 0.0411. The third-order valence-corrected chi connectivity index (χ3v) is 4.00. The van der Waals surface area contributed by atoms with E-state index in [2.05, 4.69) is 47.5 Å². The Morgan fingerprint density at radius 2 is 2.14 bits per heavy atom. The fraction of sp³-hybridized carbons (Fsp3) is 0.556. The molecule has 120 valence electrons. The van der Waals surface area contributed by atoms with Crippen molar-refractivity contribution in [3.63, 3.8) is 0 Å². The first-order chi connectivity index (χ1) is 10.6. The number of nitrogens with one attached hydrogen (secondary N) is 1. The Bertz CT molecular complexity index is 537. The zero-order valence-corrected chi connectivity index (χ0v) is 13.9. The van der Waals surface area contributed by atoms with Crippen LogP contribution in [-0.2, 0) is 11.2 Å². The van der Waals surface area contributed by atoms with E-state index in [9.17, 15) is 4.79 Å². The lowest BCUT2D eigenvalue weighted by atomic mass is 10.0. The van der Waals surface area contributed by atoms with Crippen LogP contribution in [0.5, 0.6) is 0 Å². The summed E-state index contributed by atoms with van der Waals surface area (Å²) < 4.78 is 0. The maximum atomic E-state index is 12.1. The van der Waals surface area contributed by atoms with E-state index in [-0.39, 0.29) is 5.91 Å². The van der Waals surface area contributed by atoms with Gasteiger partial charge < -0.3 is 4.90 Å². The van der Waals surface area contributed by atoms with Gasteiger partial charge in [-0.3, -0.25) is 4.79 Å². The van der Waals surface area contributed by atoms with E-state index in [4.69, 9.17) is 0 Å². The number of para-hydroxylation sites is 1. The first-order valence-corrected chi connectivity index (χ1v) is 8.21. The molecule has 1 amide bonds. The summed E-state index contributed by atoms with van der Waals surface area (Å²) in [5.41, 5.74) is 6.20. The number of rotatable bonds is 6. The Kier molecular flexibility index (Phi) is 5.99. The predicted octanol–water partition coefficient (Wildman–Crippen LogP) is 3.37. The summed E-state index contributed by atoms with van der Waals surface area (Å²) in [4.78, 5) is 14.2. The highest BCUT2D eigenvalue weighted by Crippen LogP contribution is 2.26. The molecule has 0 fully saturated rings. The highest BCUT2D eigenvalue weighted by Gasteiger charge is 2.18. The van der Waals surface area contributed by atoms with Crippen molar-refractivity contribution in [2.75, 3.05) is 18.0 Å². The first-order valence-electron chi connectivity index (χ1n) is 8.21. The first kappa shape index (κ1) is 16.5. The van der Waals surface area contributed by atoms with Crippen LogP contribution < -0.4 is 10.3 Å². The van der Waals surface area contributed by atoms with Crippen LogP contribution in [0.15, 0.2) is 29.4 Å². The third-order valence-electron chi connectivity index (χ3n) is 4.00. The molecule has 0 bridgehead atoms. The second-order valence-corrected chi connectivity index (χ2v) is 6.47. The second-order valence-electron chi connectivity index (χ2n) is 6.47. The van der Waals surface area contributed by atoms with Crippen LogP contribution in [-0.4, -0.2) is 24.7 Å². The lowest BCUT2D eigenvalue weighted by Crippen LogP contribution is -2.38. The number of hydrogen-bond donors (Lipinski definition) is 1. The number of hydrogen-bond acceptors (Lipinski definition) is 3. The molecular weight excluding hydrogens is 274 g/mol. The van der Waals surface area contributed by atoms with E-state index in [1.807, 2.05) is 13.0 Å². The molecule has 1 heterocycles. The highest BCUT2D eigenvalue weighted by molar-refractivity contribution is 5.86. The fourth-order valence-electron chi connectivity index (χ4n) is 2.70. The number of nitrogens with zero attached hydrogens (tertiary/aromatic N) is 2. The average molecular weight is 301 g/mol. The Hall–Kier alpha value is -1.84. The minimum Gasteiger partial charge on any atom is -0.362 e. The van der Waals surface area contributed by atoms with Crippen molar-refractivity contribution in [1.82, 2.24) is 5.43 Å². The molecule has 0 unspecified atom stereocenters. The quantitative estimate of drug-likeness (QED) is 0.647. The molecule has 22 heavy (non-hydrogen) atoms. The topological polar surface area (TPSA) is 44.7 Å². The molecule has 2 rings (SSSR count). The van der Waals surface area contributed by atoms with Crippen LogP contribution in [0.2, 0.25) is 0 Å². The van der Waals surface area contributed by atoms with Gasteiger partial charge in [-0.2, -0.15) is 5.10 Å². The summed E-state index contributed by atoms with van der Waals surface area (Å²) in [7, 11) is 0. The molecule has 0 radical (unpaired) electrons. The molecule has 0 saturated heterocycles. The number of fused-ring (bicyclic) bond motifs is 1. The molecule has 0 spiro atoms. The van der Waals surface area contributed by atoms with Gasteiger partial charge in [-0.15, -0.1) is 0 Å². The number of aryl methyl sites for hydroxylation is 1. The van der Waals surface area contributed by atoms with Crippen molar-refractivity contribution < 1.29 is 4.79 Å². The Balaban J connectivity index is 1.87. The van der Waals surface area contributed by atoms with Gasteiger partial charge in [0.15, 0.2) is 0 Å². The monoisotopic (exact) mass is 301 g/mol. The van der Waals surface area contributed by atoms with Crippen LogP contribution in [0.25, 0.3) is 0 Å². The largest absolute Gasteiger partial charge is 0.362 e. The summed E-state index contributed by atoms with van der Waals surface area (Å²) in [5.74, 6) is 0.617. The van der Waals surface area contributed by atoms with Crippen molar-refractivity contribution in [3.8, 4) is 0 Å². The van der Waals surface area contributed by atoms with Gasteiger partial charge in [0.25, 0.3) is 5.91 Å². The summed E-state index contributed by atoms with van der Waals surface area (Å²) in [6, 6.07) is 8.33. The lowest BCUT2D eigenvalue weighted by molar-refractivity contribution is -0.119. The molecule has 1 aromatic rings. The predicted molar refractivity (Wildman–Crippen MR) is 92.3 cm³/mol. The van der Waals surface area contributed by atoms with E-state index < -0.39 is 0 Å². The molecule has 1 aromatic carbocycles. The molecular formula is C18H27N3O. The zero-order chi connectivity index (χ0) is 15.9. The summed E-state index contributed by atoms with van der Waals surface area (Å²) >= 11 is 0. The number of carbonyl (C=O) groups excluding carboxylic acids is 1. The van der Waals surface area contributed by atoms with Gasteiger partial charge in [0.05, 0.1) is 6.54 Å². The van der Waals surface area contributed by atoms with E-state index in [0.29, 0.717) is 12.5 Å². The fourth-order valence-corrected chi connectivity index (χ4v) is 2.70. The summed E-state index contributed by atoms with van der Waals surface area (Å²) in [5, 5.41) is 4.21. The SMILES string of the molecule is C/C(CCC(C)C)=N/NC(=O)CN1CCCc2ccccc21. The van der Waals surface area contributed by atoms with Crippen molar-refractivity contribution in [2.45, 2.75) is 46.5 Å². The van der Waals surface area contributed by atoms with Gasteiger partial charge in [0.2, 0.25) is 0 Å². The van der Waals surface area contributed by atoms with Crippen LogP contribution in [0, 0.1) is 5.92 Å². The standard InChI is InChI=1S/C18H27N3O/c1-14(2)10-11-15(3)19-20-18(22)13-21-12-6-8-16-7-4-5-9-17(16)21/h4-5,7,9,14H,6,8,10-13H2,1-3H3,(H,20,22)/b19-15-. The zero-order valence-electron chi connectivity index (χ0n) is 13.9. The molecule has 0 aliphatic carbocycles. The van der Waals surface area contributed by atoms with E-state index in [1.54, 1.807) is 0 Å². The number of anilines is 1. The molecule has 1 aliphatic heterocycles. The smallest absolute Gasteiger partial charge is 0.259 e. The van der Waals surface area contributed by atoms with Gasteiger partial charge in [0.1, 0.15) is 0 Å². The van der Waals surface area contributed by atoms with Crippen molar-refractivity contribution in [1.29, 1.82) is 0 Å². The van der Waals surface area contributed by atoms with Crippen LogP contribution >= 0.6 is 0 Å². The highest BCUT2D eigenvalue weighted by atomic mass is 16.2. The lowest BCUT2D eigenvalue weighted by Gasteiger charge is -2.30. The van der Waals surface area contributed by atoms with E-state index in [1.165, 1.54) is 11.3 Å². The van der Waals surface area contributed by atoms with Crippen LogP contribution in [0.3, 0.4) is 0 Å². The number of hydrazone groups is 1. The summed E-state index contributed by atoms with van der Waals surface area (Å²) in [6.07, 6.45) is 4.23. The van der Waals surface area contributed by atoms with Gasteiger partial charge in [-0.25, -0.2) is 5.43 Å². The Morgan fingerprint density at radius 3 is 2.91 bits per heavy atom. The van der Waals surface area contributed by atoms with Crippen LogP contribution in [0.4, 0.5) is 5.69 Å². The molecule has 4 heteroatoms. The molecule has 0 aromatic heterocycles. The van der Waals surface area contributed by atoms with Gasteiger partial charge in [-0.1, -0.05) is 32.0 Å². The minimum atomic E-state index is -0.0411. The van der Waals surface area contributed by atoms with Gasteiger partial charge in [-0.05, 0) is 50.2 Å². The van der Waals surface area contributed by atoms with E-state index in [0.717, 1.165) is 37.9 Å². The molecule has 1 N–H and O–H groups in total. The molecule has 0 saturated carbocycles. The summed E-state index contributed by atoms with van der Waals surface area (Å²) in [6.45, 7) is 7.66. The number of amides is 1. The van der Waals surface area contributed by atoms with Gasteiger partial charge >= 0.3 is 0 Å². The second kappa shape index (κ2) is 7.97. The molecule has 0 atom stereocenters. The van der Waals surface area contributed by atoms with Crippen molar-refractivity contribution in [3.05, 3.63) is 29.8 Å². The van der Waals surface area contributed by atoms with E-state index >= 15 is 0 Å². The maximum absolute atomic E-state index is 12.1.